The van der Waals surface area contributed by atoms with Crippen molar-refractivity contribution in [1.82, 2.24) is 10.6 Å². The van der Waals surface area contributed by atoms with E-state index < -0.39 is 17.2 Å². The van der Waals surface area contributed by atoms with Crippen molar-refractivity contribution in [3.63, 3.8) is 0 Å². The molecule has 0 aromatic heterocycles. The zero-order valence-electron chi connectivity index (χ0n) is 12.1. The van der Waals surface area contributed by atoms with Gasteiger partial charge in [0.05, 0.1) is 0 Å². The Morgan fingerprint density at radius 1 is 1.17 bits per heavy atom. The van der Waals surface area contributed by atoms with Gasteiger partial charge in [0.1, 0.15) is 11.1 Å². The number of carbonyl (C=O) groups excluding carboxylic acids is 2. The van der Waals surface area contributed by atoms with Crippen LogP contribution in [0, 0.1) is 5.92 Å². The summed E-state index contributed by atoms with van der Waals surface area (Å²) in [5, 5.41) is 5.49. The highest BCUT2D eigenvalue weighted by Gasteiger charge is 2.39. The topological polar surface area (TPSA) is 67.4 Å². The predicted molar refractivity (Wildman–Crippen MR) is 69.2 cm³/mol. The van der Waals surface area contributed by atoms with Gasteiger partial charge < -0.3 is 15.4 Å². The molecule has 1 fully saturated rings. The molecule has 1 rings (SSSR count). The van der Waals surface area contributed by atoms with Crippen molar-refractivity contribution in [2.45, 2.75) is 65.1 Å². The van der Waals surface area contributed by atoms with Crippen LogP contribution >= 0.6 is 0 Å². The molecular weight excluding hydrogens is 232 g/mol. The van der Waals surface area contributed by atoms with Crippen LogP contribution in [0.2, 0.25) is 0 Å². The Balaban J connectivity index is 2.47. The second-order valence-electron chi connectivity index (χ2n) is 6.54. The number of alkyl carbamates (subject to hydrolysis) is 1. The number of rotatable bonds is 3. The first-order valence-electron chi connectivity index (χ1n) is 6.33. The summed E-state index contributed by atoms with van der Waals surface area (Å²) in [7, 11) is 0. The zero-order valence-corrected chi connectivity index (χ0v) is 12.1. The lowest BCUT2D eigenvalue weighted by Gasteiger charge is -2.27. The molecule has 5 nitrogen and oxygen atoms in total. The minimum Gasteiger partial charge on any atom is -0.444 e. The number of hydrogen-bond donors (Lipinski definition) is 2. The van der Waals surface area contributed by atoms with E-state index in [1.807, 2.05) is 0 Å². The molecule has 0 aromatic rings. The standard InChI is InChI=1S/C13H24N2O3/c1-8-7-9(8)14-10(16)13(5,6)15-11(17)18-12(2,3)4/h8-9H,7H2,1-6H3,(H,14,16)(H,15,17). The molecule has 104 valence electrons. The maximum absolute atomic E-state index is 12.0. The average molecular weight is 256 g/mol. The van der Waals surface area contributed by atoms with Crippen LogP contribution in [-0.4, -0.2) is 29.2 Å². The summed E-state index contributed by atoms with van der Waals surface area (Å²) in [4.78, 5) is 23.6. The van der Waals surface area contributed by atoms with E-state index in [2.05, 4.69) is 17.6 Å². The first kappa shape index (κ1) is 14.8. The van der Waals surface area contributed by atoms with Gasteiger partial charge >= 0.3 is 6.09 Å². The van der Waals surface area contributed by atoms with Crippen LogP contribution in [0.15, 0.2) is 0 Å². The predicted octanol–water partition coefficient (Wildman–Crippen LogP) is 1.81. The maximum Gasteiger partial charge on any atom is 0.408 e. The van der Waals surface area contributed by atoms with Crippen LogP contribution in [0.25, 0.3) is 0 Å². The molecule has 1 saturated carbocycles. The van der Waals surface area contributed by atoms with E-state index >= 15 is 0 Å². The molecule has 1 aliphatic carbocycles. The molecule has 18 heavy (non-hydrogen) atoms. The third-order valence-electron chi connectivity index (χ3n) is 2.81. The van der Waals surface area contributed by atoms with Crippen LogP contribution in [0.5, 0.6) is 0 Å². The third kappa shape index (κ3) is 4.55. The molecule has 0 aromatic carbocycles. The number of ether oxygens (including phenoxy) is 1. The number of hydrogen-bond acceptors (Lipinski definition) is 3. The minimum absolute atomic E-state index is 0.178. The fourth-order valence-corrected chi connectivity index (χ4v) is 1.49. The van der Waals surface area contributed by atoms with E-state index in [4.69, 9.17) is 4.74 Å². The highest BCUT2D eigenvalue weighted by atomic mass is 16.6. The Kier molecular flexibility index (Phi) is 3.93. The van der Waals surface area contributed by atoms with Crippen LogP contribution in [-0.2, 0) is 9.53 Å². The van der Waals surface area contributed by atoms with Crippen LogP contribution in [0.4, 0.5) is 4.79 Å². The van der Waals surface area contributed by atoms with Gasteiger partial charge in [-0.3, -0.25) is 4.79 Å². The quantitative estimate of drug-likeness (QED) is 0.809. The maximum atomic E-state index is 12.0. The van der Waals surface area contributed by atoms with Crippen molar-refractivity contribution in [3.05, 3.63) is 0 Å². The van der Waals surface area contributed by atoms with Crippen molar-refractivity contribution < 1.29 is 14.3 Å². The molecule has 0 heterocycles. The van der Waals surface area contributed by atoms with Crippen LogP contribution in [0.1, 0.15) is 48.0 Å². The van der Waals surface area contributed by atoms with E-state index in [0.717, 1.165) is 6.42 Å². The summed E-state index contributed by atoms with van der Waals surface area (Å²) in [5.41, 5.74) is -1.54. The lowest BCUT2D eigenvalue weighted by Crippen LogP contribution is -2.56. The molecule has 5 heteroatoms. The molecule has 0 saturated heterocycles. The van der Waals surface area contributed by atoms with Crippen molar-refractivity contribution in [1.29, 1.82) is 0 Å². The molecule has 0 radical (unpaired) electrons. The fraction of sp³-hybridized carbons (Fsp3) is 0.846. The Hall–Kier alpha value is -1.26. The lowest BCUT2D eigenvalue weighted by molar-refractivity contribution is -0.126. The SMILES string of the molecule is CC1CC1NC(=O)C(C)(C)NC(=O)OC(C)(C)C. The highest BCUT2D eigenvalue weighted by Crippen LogP contribution is 2.29. The first-order valence-corrected chi connectivity index (χ1v) is 6.33. The average Bonchev–Trinajstić information content (AvgIpc) is 2.76. The molecule has 2 N–H and O–H groups in total. The van der Waals surface area contributed by atoms with Crippen LogP contribution in [0.3, 0.4) is 0 Å². The first-order chi connectivity index (χ1) is 8.01. The number of amides is 2. The van der Waals surface area contributed by atoms with Gasteiger partial charge in [-0.1, -0.05) is 6.92 Å². The molecule has 2 atom stereocenters. The van der Waals surface area contributed by atoms with Gasteiger partial charge in [0, 0.05) is 6.04 Å². The molecule has 1 aliphatic rings. The van der Waals surface area contributed by atoms with Crippen molar-refractivity contribution >= 4 is 12.0 Å². The minimum atomic E-state index is -0.968. The second-order valence-corrected chi connectivity index (χ2v) is 6.54. The second kappa shape index (κ2) is 4.78. The third-order valence-corrected chi connectivity index (χ3v) is 2.81. The Bertz CT molecular complexity index is 345. The summed E-state index contributed by atoms with van der Waals surface area (Å²) in [6.45, 7) is 10.8. The fourth-order valence-electron chi connectivity index (χ4n) is 1.49. The van der Waals surface area contributed by atoms with E-state index in [9.17, 15) is 9.59 Å². The molecule has 0 aliphatic heterocycles. The summed E-state index contributed by atoms with van der Waals surface area (Å²) in [6, 6.07) is 0.247. The summed E-state index contributed by atoms with van der Waals surface area (Å²) in [5.74, 6) is 0.356. The van der Waals surface area contributed by atoms with Gasteiger partial charge in [-0.2, -0.15) is 0 Å². The largest absolute Gasteiger partial charge is 0.444 e. The van der Waals surface area contributed by atoms with Crippen LogP contribution < -0.4 is 10.6 Å². The zero-order chi connectivity index (χ0) is 14.1. The summed E-state index contributed by atoms with van der Waals surface area (Å²) < 4.78 is 5.14. The molecule has 2 amide bonds. The van der Waals surface area contributed by atoms with Crippen molar-refractivity contribution in [2.24, 2.45) is 5.92 Å². The lowest BCUT2D eigenvalue weighted by atomic mass is 10.1. The Morgan fingerprint density at radius 3 is 2.06 bits per heavy atom. The monoisotopic (exact) mass is 256 g/mol. The molecule has 2 unspecified atom stereocenters. The highest BCUT2D eigenvalue weighted by molar-refractivity contribution is 5.89. The number of nitrogens with one attached hydrogen (secondary N) is 2. The van der Waals surface area contributed by atoms with Gasteiger partial charge in [-0.05, 0) is 47.0 Å². The summed E-state index contributed by atoms with van der Waals surface area (Å²) >= 11 is 0. The van der Waals surface area contributed by atoms with Gasteiger partial charge in [0.25, 0.3) is 0 Å². The smallest absolute Gasteiger partial charge is 0.408 e. The van der Waals surface area contributed by atoms with Gasteiger partial charge in [0.15, 0.2) is 0 Å². The van der Waals surface area contributed by atoms with Crippen molar-refractivity contribution in [3.8, 4) is 0 Å². The van der Waals surface area contributed by atoms with Gasteiger partial charge in [-0.15, -0.1) is 0 Å². The molecular formula is C13H24N2O3. The normalized spacial score (nSPS) is 23.2. The van der Waals surface area contributed by atoms with E-state index in [1.165, 1.54) is 0 Å². The Labute approximate surface area is 109 Å². The number of carbonyl (C=O) groups is 2. The van der Waals surface area contributed by atoms with Gasteiger partial charge in [-0.25, -0.2) is 4.79 Å². The van der Waals surface area contributed by atoms with E-state index in [0.29, 0.717) is 5.92 Å². The Morgan fingerprint density at radius 2 is 1.67 bits per heavy atom. The van der Waals surface area contributed by atoms with Crippen molar-refractivity contribution in [2.75, 3.05) is 0 Å². The molecule has 0 spiro atoms. The van der Waals surface area contributed by atoms with E-state index in [-0.39, 0.29) is 11.9 Å². The van der Waals surface area contributed by atoms with E-state index in [1.54, 1.807) is 34.6 Å². The summed E-state index contributed by atoms with van der Waals surface area (Å²) in [6.07, 6.45) is 0.431. The van der Waals surface area contributed by atoms with Gasteiger partial charge in [0.2, 0.25) is 5.91 Å². The molecule has 0 bridgehead atoms.